The van der Waals surface area contributed by atoms with Crippen LogP contribution in [0.2, 0.25) is 0 Å². The molecular formula is C28H43NO7. The fourth-order valence-electron chi connectivity index (χ4n) is 5.13. The second-order valence-electron chi connectivity index (χ2n) is 10.9. The first kappa shape index (κ1) is 28.7. The first-order chi connectivity index (χ1) is 17.1. The summed E-state index contributed by atoms with van der Waals surface area (Å²) in [6.07, 6.45) is 10.1. The van der Waals surface area contributed by atoms with Gasteiger partial charge in [0.1, 0.15) is 17.8 Å². The summed E-state index contributed by atoms with van der Waals surface area (Å²) in [4.78, 5) is 23.5. The van der Waals surface area contributed by atoms with E-state index in [4.69, 9.17) is 14.2 Å². The summed E-state index contributed by atoms with van der Waals surface area (Å²) < 4.78 is 17.1. The molecule has 2 N–H and O–H groups in total. The van der Waals surface area contributed by atoms with E-state index in [0.717, 1.165) is 18.4 Å². The number of ether oxygens (including phenoxy) is 3. The molecule has 1 spiro atoms. The van der Waals surface area contributed by atoms with Gasteiger partial charge in [-0.2, -0.15) is 4.91 Å². The fraction of sp³-hybridized carbons (Fsp3) is 0.750. The van der Waals surface area contributed by atoms with Crippen molar-refractivity contribution < 1.29 is 29.2 Å². The standard InChI is InChI=1S/C28H43NO7/c1-6-22(29-33)20(5)27-23(35-27)14-17(2)8-7-9-18(3)26-19(4)10-11-24(31)28(16-34-28)13-12-21(30)15-25(32)36-26/h7-11,17,19-24,26-27,30-31H,6,12-16H2,1-5H3/b8-7+,11-10+,18-9+. The molecule has 3 rings (SSSR count). The molecule has 0 aromatic carbocycles. The predicted molar refractivity (Wildman–Crippen MR) is 137 cm³/mol. The van der Waals surface area contributed by atoms with E-state index in [9.17, 15) is 19.9 Å². The fourth-order valence-corrected chi connectivity index (χ4v) is 5.13. The lowest BCUT2D eigenvalue weighted by Gasteiger charge is -2.26. The van der Waals surface area contributed by atoms with Crippen LogP contribution >= 0.6 is 0 Å². The van der Waals surface area contributed by atoms with Crippen molar-refractivity contribution in [2.75, 3.05) is 6.61 Å². The van der Waals surface area contributed by atoms with Gasteiger partial charge in [0.15, 0.2) is 0 Å². The zero-order valence-corrected chi connectivity index (χ0v) is 22.2. The van der Waals surface area contributed by atoms with Crippen LogP contribution in [0.15, 0.2) is 41.1 Å². The first-order valence-corrected chi connectivity index (χ1v) is 13.3. The minimum Gasteiger partial charge on any atom is -0.457 e. The van der Waals surface area contributed by atoms with Gasteiger partial charge in [-0.3, -0.25) is 4.79 Å². The van der Waals surface area contributed by atoms with E-state index in [1.807, 2.05) is 45.9 Å². The highest BCUT2D eigenvalue weighted by Gasteiger charge is 2.50. The molecular weight excluding hydrogens is 462 g/mol. The van der Waals surface area contributed by atoms with Crippen LogP contribution in [0.25, 0.3) is 0 Å². The maximum absolute atomic E-state index is 12.5. The van der Waals surface area contributed by atoms with Gasteiger partial charge in [0, 0.05) is 11.8 Å². The van der Waals surface area contributed by atoms with Crippen molar-refractivity contribution in [1.82, 2.24) is 0 Å². The molecule has 0 bridgehead atoms. The molecule has 0 aromatic rings. The van der Waals surface area contributed by atoms with Crippen molar-refractivity contribution in [3.8, 4) is 0 Å². The van der Waals surface area contributed by atoms with E-state index in [0.29, 0.717) is 19.4 Å². The Labute approximate surface area is 214 Å². The van der Waals surface area contributed by atoms with Gasteiger partial charge in [-0.1, -0.05) is 63.3 Å². The summed E-state index contributed by atoms with van der Waals surface area (Å²) in [5.41, 5.74) is 0.224. The van der Waals surface area contributed by atoms with E-state index in [-0.39, 0.29) is 42.4 Å². The average molecular weight is 506 g/mol. The summed E-state index contributed by atoms with van der Waals surface area (Å²) in [7, 11) is 0. The number of rotatable bonds is 9. The summed E-state index contributed by atoms with van der Waals surface area (Å²) >= 11 is 0. The molecule has 0 amide bonds. The summed E-state index contributed by atoms with van der Waals surface area (Å²) in [5.74, 6) is -0.208. The summed E-state index contributed by atoms with van der Waals surface area (Å²) in [6, 6.07) is -0.203. The average Bonchev–Trinajstić information content (AvgIpc) is 3.76. The zero-order chi connectivity index (χ0) is 26.5. The number of hydrogen-bond acceptors (Lipinski definition) is 8. The van der Waals surface area contributed by atoms with Crippen molar-refractivity contribution in [3.63, 3.8) is 0 Å². The summed E-state index contributed by atoms with van der Waals surface area (Å²) in [6.45, 7) is 10.4. The number of nitroso groups, excluding NO2 is 1. The van der Waals surface area contributed by atoms with Crippen LogP contribution in [-0.4, -0.2) is 65.0 Å². The van der Waals surface area contributed by atoms with E-state index >= 15 is 0 Å². The van der Waals surface area contributed by atoms with Crippen molar-refractivity contribution in [2.45, 2.75) is 109 Å². The predicted octanol–water partition coefficient (Wildman–Crippen LogP) is 4.24. The highest BCUT2D eigenvalue weighted by Crippen LogP contribution is 2.38. The van der Waals surface area contributed by atoms with Crippen LogP contribution in [-0.2, 0) is 19.0 Å². The van der Waals surface area contributed by atoms with Gasteiger partial charge in [-0.05, 0) is 44.1 Å². The van der Waals surface area contributed by atoms with Crippen LogP contribution in [0, 0.1) is 22.7 Å². The topological polar surface area (TPSA) is 121 Å². The number of allylic oxidation sites excluding steroid dienone is 3. The second-order valence-corrected chi connectivity index (χ2v) is 10.9. The Balaban J connectivity index is 1.60. The Bertz CT molecular complexity index is 849. The number of aliphatic hydroxyl groups is 2. The Morgan fingerprint density at radius 2 is 2.03 bits per heavy atom. The molecule has 0 saturated carbocycles. The highest BCUT2D eigenvalue weighted by atomic mass is 16.6. The highest BCUT2D eigenvalue weighted by molar-refractivity contribution is 5.70. The zero-order valence-electron chi connectivity index (χ0n) is 22.2. The number of carbonyl (C=O) groups excluding carboxylic acids is 1. The maximum Gasteiger partial charge on any atom is 0.309 e. The van der Waals surface area contributed by atoms with Crippen LogP contribution in [0.5, 0.6) is 0 Å². The molecule has 8 nitrogen and oxygen atoms in total. The number of aliphatic hydroxyl groups excluding tert-OH is 2. The molecule has 0 aliphatic carbocycles. The lowest BCUT2D eigenvalue weighted by molar-refractivity contribution is -0.151. The third kappa shape index (κ3) is 7.57. The smallest absolute Gasteiger partial charge is 0.309 e. The number of carbonyl (C=O) groups is 1. The van der Waals surface area contributed by atoms with Gasteiger partial charge < -0.3 is 24.4 Å². The lowest BCUT2D eigenvalue weighted by Crippen LogP contribution is -2.33. The van der Waals surface area contributed by atoms with E-state index < -0.39 is 29.9 Å². The molecule has 10 atom stereocenters. The molecule has 0 radical (unpaired) electrons. The monoisotopic (exact) mass is 505 g/mol. The molecule has 10 unspecified atom stereocenters. The number of epoxide rings is 2. The van der Waals surface area contributed by atoms with Gasteiger partial charge in [-0.25, -0.2) is 0 Å². The quantitative estimate of drug-likeness (QED) is 0.158. The molecule has 3 aliphatic heterocycles. The van der Waals surface area contributed by atoms with Crippen molar-refractivity contribution in [2.24, 2.45) is 22.9 Å². The molecule has 0 aromatic heterocycles. The first-order valence-electron chi connectivity index (χ1n) is 13.3. The minimum absolute atomic E-state index is 0.0846. The number of hydrogen-bond donors (Lipinski definition) is 2. The lowest BCUT2D eigenvalue weighted by atomic mass is 9.91. The second kappa shape index (κ2) is 12.6. The van der Waals surface area contributed by atoms with Crippen LogP contribution in [0.4, 0.5) is 0 Å². The van der Waals surface area contributed by atoms with Crippen molar-refractivity contribution in [1.29, 1.82) is 0 Å². The Morgan fingerprint density at radius 1 is 1.31 bits per heavy atom. The summed E-state index contributed by atoms with van der Waals surface area (Å²) in [5, 5.41) is 24.1. The van der Waals surface area contributed by atoms with Crippen LogP contribution < -0.4 is 0 Å². The molecule has 36 heavy (non-hydrogen) atoms. The van der Waals surface area contributed by atoms with Crippen LogP contribution in [0.3, 0.4) is 0 Å². The van der Waals surface area contributed by atoms with Crippen molar-refractivity contribution >= 4 is 5.97 Å². The molecule has 202 valence electrons. The van der Waals surface area contributed by atoms with E-state index in [2.05, 4.69) is 18.2 Å². The minimum atomic E-state index is -0.832. The largest absolute Gasteiger partial charge is 0.457 e. The molecule has 3 heterocycles. The molecule has 2 saturated heterocycles. The Kier molecular flexibility index (Phi) is 10.0. The third-order valence-electron chi connectivity index (χ3n) is 7.84. The van der Waals surface area contributed by atoms with E-state index in [1.54, 1.807) is 6.08 Å². The molecule has 8 heteroatoms. The number of esters is 1. The Morgan fingerprint density at radius 3 is 2.67 bits per heavy atom. The maximum atomic E-state index is 12.5. The number of cyclic esters (lactones) is 1. The van der Waals surface area contributed by atoms with Crippen LogP contribution in [0.1, 0.15) is 66.7 Å². The van der Waals surface area contributed by atoms with Gasteiger partial charge in [0.25, 0.3) is 0 Å². The van der Waals surface area contributed by atoms with Gasteiger partial charge in [0.05, 0.1) is 37.4 Å². The molecule has 2 fully saturated rings. The van der Waals surface area contributed by atoms with Gasteiger partial charge in [0.2, 0.25) is 0 Å². The Hall–Kier alpha value is -1.87. The van der Waals surface area contributed by atoms with E-state index in [1.165, 1.54) is 0 Å². The van der Waals surface area contributed by atoms with Gasteiger partial charge in [-0.15, -0.1) is 0 Å². The van der Waals surface area contributed by atoms with Crippen molar-refractivity contribution in [3.05, 3.63) is 40.9 Å². The van der Waals surface area contributed by atoms with Gasteiger partial charge >= 0.3 is 5.97 Å². The number of nitrogens with zero attached hydrogens (tertiary/aromatic N) is 1. The third-order valence-corrected chi connectivity index (χ3v) is 7.84. The normalized spacial score (nSPS) is 39.0. The molecule has 3 aliphatic rings. The SMILES string of the molecule is CCC(N=O)C(C)C1OC1CC(C)/C=C/C=C(\C)C1OC(=O)CC(O)CCC2(CO2)C(O)/C=C/C1C.